The van der Waals surface area contributed by atoms with Crippen LogP contribution in [0.3, 0.4) is 0 Å². The van der Waals surface area contributed by atoms with Crippen molar-refractivity contribution in [2.45, 2.75) is 38.7 Å². The summed E-state index contributed by atoms with van der Waals surface area (Å²) in [5.74, 6) is -0.913. The lowest BCUT2D eigenvalue weighted by molar-refractivity contribution is -0.122. The van der Waals surface area contributed by atoms with Crippen molar-refractivity contribution in [1.29, 1.82) is 0 Å². The number of rotatable bonds is 10. The van der Waals surface area contributed by atoms with E-state index < -0.39 is 25.0 Å². The predicted molar refractivity (Wildman–Crippen MR) is 114 cm³/mol. The standard InChI is InChI=1S/C21H28BN3O5/c1-14(2)11-19(22(28)29)25-20(26)12-17(16-8-4-5-9-18(16)30-3)24-21(27)15-7-6-10-23-13-15/h4-10,13-14,17,19,28-29H,11-12H2,1-3H3,(H,24,27)(H,25,26)/t17?,19-/m0/s1. The van der Waals surface area contributed by atoms with Gasteiger partial charge in [0.05, 0.1) is 31.1 Å². The first kappa shape index (κ1) is 23.4. The summed E-state index contributed by atoms with van der Waals surface area (Å²) in [7, 11) is -0.161. The number of para-hydroxylation sites is 1. The fourth-order valence-corrected chi connectivity index (χ4v) is 3.15. The van der Waals surface area contributed by atoms with E-state index in [0.717, 1.165) is 0 Å². The number of carbonyl (C=O) groups excluding carboxylic acids is 2. The number of hydrogen-bond acceptors (Lipinski definition) is 6. The molecule has 0 saturated heterocycles. The Morgan fingerprint density at radius 3 is 2.47 bits per heavy atom. The number of pyridine rings is 1. The van der Waals surface area contributed by atoms with Gasteiger partial charge in [0, 0.05) is 18.0 Å². The minimum atomic E-state index is -1.67. The van der Waals surface area contributed by atoms with Crippen LogP contribution in [0.5, 0.6) is 5.75 Å². The van der Waals surface area contributed by atoms with Crippen molar-refractivity contribution < 1.29 is 24.4 Å². The average Bonchev–Trinajstić information content (AvgIpc) is 2.72. The van der Waals surface area contributed by atoms with Crippen LogP contribution in [0.15, 0.2) is 48.8 Å². The second-order valence-electron chi connectivity index (χ2n) is 7.43. The van der Waals surface area contributed by atoms with Crippen molar-refractivity contribution in [3.05, 3.63) is 59.9 Å². The molecule has 2 rings (SSSR count). The number of nitrogens with one attached hydrogen (secondary N) is 2. The van der Waals surface area contributed by atoms with Crippen LogP contribution >= 0.6 is 0 Å². The van der Waals surface area contributed by atoms with Crippen molar-refractivity contribution in [2.75, 3.05) is 7.11 Å². The maximum atomic E-state index is 12.7. The molecule has 30 heavy (non-hydrogen) atoms. The molecule has 0 bridgehead atoms. The minimum absolute atomic E-state index is 0.103. The van der Waals surface area contributed by atoms with Gasteiger partial charge in [-0.05, 0) is 30.5 Å². The molecule has 1 heterocycles. The zero-order chi connectivity index (χ0) is 22.1. The number of carbonyl (C=O) groups is 2. The van der Waals surface area contributed by atoms with Crippen LogP contribution in [0.1, 0.15) is 48.7 Å². The number of nitrogens with zero attached hydrogens (tertiary/aromatic N) is 1. The summed E-state index contributed by atoms with van der Waals surface area (Å²) in [6, 6.07) is 9.69. The monoisotopic (exact) mass is 413 g/mol. The molecule has 2 aromatic rings. The molecule has 0 aliphatic carbocycles. The van der Waals surface area contributed by atoms with Crippen LogP contribution in [0.25, 0.3) is 0 Å². The topological polar surface area (TPSA) is 121 Å². The molecule has 0 saturated carbocycles. The average molecular weight is 413 g/mol. The van der Waals surface area contributed by atoms with Gasteiger partial charge in [-0.15, -0.1) is 0 Å². The van der Waals surface area contributed by atoms with E-state index in [9.17, 15) is 19.6 Å². The Morgan fingerprint density at radius 1 is 1.13 bits per heavy atom. The van der Waals surface area contributed by atoms with Gasteiger partial charge in [0.25, 0.3) is 5.91 Å². The lowest BCUT2D eigenvalue weighted by atomic mass is 9.75. The predicted octanol–water partition coefficient (Wildman–Crippen LogP) is 1.49. The summed E-state index contributed by atoms with van der Waals surface area (Å²) in [5.41, 5.74) is 0.999. The van der Waals surface area contributed by atoms with Gasteiger partial charge in [-0.1, -0.05) is 32.0 Å². The highest BCUT2D eigenvalue weighted by Gasteiger charge is 2.28. The van der Waals surface area contributed by atoms with E-state index in [1.165, 1.54) is 13.3 Å². The van der Waals surface area contributed by atoms with Gasteiger partial charge in [0.1, 0.15) is 5.75 Å². The van der Waals surface area contributed by atoms with E-state index in [-0.39, 0.29) is 18.2 Å². The van der Waals surface area contributed by atoms with Crippen LogP contribution < -0.4 is 15.4 Å². The zero-order valence-electron chi connectivity index (χ0n) is 17.4. The lowest BCUT2D eigenvalue weighted by Gasteiger charge is -2.24. The molecule has 9 heteroatoms. The molecule has 1 aromatic carbocycles. The van der Waals surface area contributed by atoms with Crippen LogP contribution in [0.4, 0.5) is 0 Å². The van der Waals surface area contributed by atoms with Crippen molar-refractivity contribution in [2.24, 2.45) is 5.92 Å². The Balaban J connectivity index is 2.22. The third kappa shape index (κ3) is 6.86. The number of ether oxygens (including phenoxy) is 1. The summed E-state index contributed by atoms with van der Waals surface area (Å²) in [5, 5.41) is 24.7. The normalized spacial score (nSPS) is 12.7. The highest BCUT2D eigenvalue weighted by atomic mass is 16.5. The number of methoxy groups -OCH3 is 1. The number of amides is 2. The largest absolute Gasteiger partial charge is 0.496 e. The van der Waals surface area contributed by atoms with Gasteiger partial charge in [-0.3, -0.25) is 14.6 Å². The molecule has 4 N–H and O–H groups in total. The van der Waals surface area contributed by atoms with Gasteiger partial charge in [-0.2, -0.15) is 0 Å². The summed E-state index contributed by atoms with van der Waals surface area (Å²) < 4.78 is 5.39. The molecule has 1 unspecified atom stereocenters. The first-order valence-electron chi connectivity index (χ1n) is 9.81. The number of benzene rings is 1. The SMILES string of the molecule is COc1ccccc1C(CC(=O)N[C@@H](CC(C)C)B(O)O)NC(=O)c1cccnc1. The maximum absolute atomic E-state index is 12.7. The molecule has 0 aliphatic heterocycles. The fraction of sp³-hybridized carbons (Fsp3) is 0.381. The Hall–Kier alpha value is -2.91. The second kappa shape index (κ2) is 11.3. The van der Waals surface area contributed by atoms with E-state index in [2.05, 4.69) is 15.6 Å². The molecule has 2 atom stereocenters. The van der Waals surface area contributed by atoms with Crippen molar-refractivity contribution >= 4 is 18.9 Å². The molecule has 160 valence electrons. The van der Waals surface area contributed by atoms with Crippen LogP contribution in [0.2, 0.25) is 0 Å². The maximum Gasteiger partial charge on any atom is 0.475 e. The van der Waals surface area contributed by atoms with E-state index >= 15 is 0 Å². The molecular formula is C21H28BN3O5. The quantitative estimate of drug-likeness (QED) is 0.438. The molecule has 2 amide bonds. The first-order chi connectivity index (χ1) is 14.3. The molecule has 1 aromatic heterocycles. The van der Waals surface area contributed by atoms with Gasteiger partial charge < -0.3 is 25.4 Å². The van der Waals surface area contributed by atoms with E-state index in [4.69, 9.17) is 4.74 Å². The third-order valence-electron chi connectivity index (χ3n) is 4.56. The van der Waals surface area contributed by atoms with Crippen LogP contribution in [-0.4, -0.2) is 47.0 Å². The van der Waals surface area contributed by atoms with Crippen molar-refractivity contribution in [1.82, 2.24) is 15.6 Å². The molecule has 0 fully saturated rings. The summed E-state index contributed by atoms with van der Waals surface area (Å²) >= 11 is 0. The zero-order valence-corrected chi connectivity index (χ0v) is 17.4. The molecular weight excluding hydrogens is 385 g/mol. The Morgan fingerprint density at radius 2 is 1.87 bits per heavy atom. The lowest BCUT2D eigenvalue weighted by Crippen LogP contribution is -2.48. The third-order valence-corrected chi connectivity index (χ3v) is 4.56. The summed E-state index contributed by atoms with van der Waals surface area (Å²) in [6.07, 6.45) is 3.31. The minimum Gasteiger partial charge on any atom is -0.496 e. The van der Waals surface area contributed by atoms with Crippen LogP contribution in [0, 0.1) is 5.92 Å². The second-order valence-corrected chi connectivity index (χ2v) is 7.43. The fourth-order valence-electron chi connectivity index (χ4n) is 3.15. The molecule has 8 nitrogen and oxygen atoms in total. The van der Waals surface area contributed by atoms with Gasteiger partial charge in [0.15, 0.2) is 0 Å². The van der Waals surface area contributed by atoms with E-state index in [0.29, 0.717) is 23.3 Å². The van der Waals surface area contributed by atoms with E-state index in [1.54, 1.807) is 42.6 Å². The van der Waals surface area contributed by atoms with Gasteiger partial charge in [-0.25, -0.2) is 0 Å². The smallest absolute Gasteiger partial charge is 0.475 e. The van der Waals surface area contributed by atoms with Crippen molar-refractivity contribution in [3.63, 3.8) is 0 Å². The van der Waals surface area contributed by atoms with Gasteiger partial charge in [0.2, 0.25) is 5.91 Å². The Bertz CT molecular complexity index is 832. The highest BCUT2D eigenvalue weighted by Crippen LogP contribution is 2.27. The molecule has 0 radical (unpaired) electrons. The van der Waals surface area contributed by atoms with E-state index in [1.807, 2.05) is 13.8 Å². The van der Waals surface area contributed by atoms with Crippen LogP contribution in [-0.2, 0) is 4.79 Å². The molecule has 0 aliphatic rings. The number of aromatic nitrogens is 1. The highest BCUT2D eigenvalue weighted by molar-refractivity contribution is 6.43. The Labute approximate surface area is 176 Å². The number of hydrogen-bond donors (Lipinski definition) is 4. The first-order valence-corrected chi connectivity index (χ1v) is 9.81. The summed E-state index contributed by atoms with van der Waals surface area (Å²) in [6.45, 7) is 3.85. The summed E-state index contributed by atoms with van der Waals surface area (Å²) in [4.78, 5) is 29.3. The Kier molecular flexibility index (Phi) is 8.82. The van der Waals surface area contributed by atoms with Gasteiger partial charge >= 0.3 is 7.12 Å². The molecule has 0 spiro atoms. The van der Waals surface area contributed by atoms with Crippen molar-refractivity contribution in [3.8, 4) is 5.75 Å².